The van der Waals surface area contributed by atoms with Gasteiger partial charge in [0.1, 0.15) is 11.4 Å². The zero-order valence-electron chi connectivity index (χ0n) is 34.0. The van der Waals surface area contributed by atoms with Crippen molar-refractivity contribution in [1.29, 1.82) is 0 Å². The van der Waals surface area contributed by atoms with Crippen LogP contribution in [0.4, 0.5) is 11.4 Å². The first-order valence-corrected chi connectivity index (χ1v) is 19.9. The molecule has 2 N–H and O–H groups in total. The van der Waals surface area contributed by atoms with E-state index in [0.717, 1.165) is 36.8 Å². The molecule has 0 unspecified atom stereocenters. The zero-order chi connectivity index (χ0) is 42.9. The van der Waals surface area contributed by atoms with Gasteiger partial charge in [0, 0.05) is 76.2 Å². The third-order valence-electron chi connectivity index (χ3n) is 10.6. The quantitative estimate of drug-likeness (QED) is 0.211. The Bertz CT molecular complexity index is 2780. The Kier molecular flexibility index (Phi) is 10.4. The average molecular weight is 833 g/mol. The highest BCUT2D eigenvalue weighted by atomic mass is 16.2. The molecule has 0 bridgehead atoms. The van der Waals surface area contributed by atoms with Gasteiger partial charge in [0.05, 0.1) is 47.3 Å². The van der Waals surface area contributed by atoms with E-state index in [0.29, 0.717) is 53.0 Å². The molecule has 0 aromatic carbocycles. The molecule has 0 atom stereocenters. The molecule has 312 valence electrons. The van der Waals surface area contributed by atoms with E-state index < -0.39 is 11.8 Å². The van der Waals surface area contributed by atoms with Crippen LogP contribution in [0, 0.1) is 0 Å². The minimum Gasteiger partial charge on any atom is -0.339 e. The van der Waals surface area contributed by atoms with Crippen LogP contribution < -0.4 is 10.6 Å². The maximum absolute atomic E-state index is 13.0. The van der Waals surface area contributed by atoms with E-state index in [1.807, 2.05) is 24.3 Å². The molecule has 4 amide bonds. The number of pyridine rings is 4. The van der Waals surface area contributed by atoms with Gasteiger partial charge in [0.15, 0.2) is 22.9 Å². The smallest absolute Gasteiger partial charge is 0.274 e. The zero-order valence-corrected chi connectivity index (χ0v) is 34.0. The van der Waals surface area contributed by atoms with E-state index in [-0.39, 0.29) is 34.8 Å². The van der Waals surface area contributed by atoms with Crippen LogP contribution in [-0.2, 0) is 14.1 Å². The van der Waals surface area contributed by atoms with Crippen LogP contribution in [0.15, 0.2) is 98.1 Å². The predicted octanol–water partition coefficient (Wildman–Crippen LogP) is 4.02. The van der Waals surface area contributed by atoms with Gasteiger partial charge in [-0.05, 0) is 74.2 Å². The Morgan fingerprint density at radius 3 is 1.65 bits per heavy atom. The molecule has 2 aliphatic rings. The summed E-state index contributed by atoms with van der Waals surface area (Å²) in [7, 11) is 5.05. The number of nitrogens with one attached hydrogen (secondary N) is 2. The Morgan fingerprint density at radius 1 is 0.661 bits per heavy atom. The average Bonchev–Trinajstić information content (AvgIpc) is 3.78. The fraction of sp³-hybridized carbons (Fsp3) is 0.238. The van der Waals surface area contributed by atoms with E-state index in [1.165, 1.54) is 21.8 Å². The number of carbonyl (C=O) groups excluding carboxylic acids is 4. The van der Waals surface area contributed by atoms with E-state index >= 15 is 0 Å². The van der Waals surface area contributed by atoms with Crippen molar-refractivity contribution in [3.8, 4) is 22.8 Å². The van der Waals surface area contributed by atoms with E-state index in [9.17, 15) is 19.2 Å². The summed E-state index contributed by atoms with van der Waals surface area (Å²) in [6.07, 6.45) is 16.9. The first-order valence-electron chi connectivity index (χ1n) is 19.9. The first kappa shape index (κ1) is 39.3. The number of aryl methyl sites for hydroxylation is 2. The predicted molar refractivity (Wildman–Crippen MR) is 225 cm³/mol. The summed E-state index contributed by atoms with van der Waals surface area (Å²) in [4.78, 5) is 72.2. The molecule has 2 fully saturated rings. The number of aromatic nitrogens is 12. The van der Waals surface area contributed by atoms with E-state index in [2.05, 4.69) is 51.0 Å². The number of anilines is 2. The topological polar surface area (TPSA) is 221 Å². The molecular weight excluding hydrogens is 793 g/mol. The van der Waals surface area contributed by atoms with Crippen LogP contribution in [0.3, 0.4) is 0 Å². The molecule has 8 aromatic rings. The summed E-state index contributed by atoms with van der Waals surface area (Å²) >= 11 is 0. The van der Waals surface area contributed by atoms with Gasteiger partial charge in [0.2, 0.25) is 0 Å². The lowest BCUT2D eigenvalue weighted by atomic mass is 10.2. The normalized spacial score (nSPS) is 13.5. The van der Waals surface area contributed by atoms with Crippen molar-refractivity contribution in [2.45, 2.75) is 31.7 Å². The lowest BCUT2D eigenvalue weighted by molar-refractivity contribution is 0.0776. The molecule has 9 heterocycles. The fourth-order valence-corrected chi connectivity index (χ4v) is 7.16. The fourth-order valence-electron chi connectivity index (χ4n) is 7.16. The van der Waals surface area contributed by atoms with Gasteiger partial charge in [-0.15, -0.1) is 10.2 Å². The maximum atomic E-state index is 13.0. The van der Waals surface area contributed by atoms with Gasteiger partial charge in [-0.1, -0.05) is 0 Å². The maximum Gasteiger partial charge on any atom is 0.274 e. The monoisotopic (exact) mass is 832 g/mol. The number of hydrogen-bond acceptors (Lipinski definition) is 12. The molecular formula is C42H40N16O4. The van der Waals surface area contributed by atoms with Crippen LogP contribution in [0.5, 0.6) is 0 Å². The second-order valence-electron chi connectivity index (χ2n) is 14.9. The van der Waals surface area contributed by atoms with Crippen molar-refractivity contribution in [3.05, 3.63) is 121 Å². The van der Waals surface area contributed by atoms with Crippen molar-refractivity contribution in [2.75, 3.05) is 30.8 Å². The van der Waals surface area contributed by atoms with Crippen LogP contribution >= 0.6 is 0 Å². The molecule has 8 aromatic heterocycles. The van der Waals surface area contributed by atoms with E-state index in [1.54, 1.807) is 101 Å². The standard InChI is InChI=1S/2C21H20N8O2/c1-27(15-6-7-15)21(31)16-11-23-28(2)18(16)20(30)24-14-5-8-17-25-19(26-29(17)12-14)13-4-3-9-22-10-13;1-27-18(16(12-23-27)21(31)28-9-2-3-10-28)20(30)24-15-6-7-17-25-19(26-29(17)13-15)14-5-4-8-22-11-14/h3-5,8-12,15H,6-7H2,1-2H3,(H,24,30);4-8,11-13H,2-3,9-10H2,1H3,(H,24,30). The largest absolute Gasteiger partial charge is 0.339 e. The minimum atomic E-state index is -0.417. The van der Waals surface area contributed by atoms with Crippen molar-refractivity contribution < 1.29 is 19.2 Å². The number of likely N-dealkylation sites (tertiary alicyclic amines) is 1. The van der Waals surface area contributed by atoms with Crippen molar-refractivity contribution in [3.63, 3.8) is 0 Å². The molecule has 20 nitrogen and oxygen atoms in total. The highest BCUT2D eigenvalue weighted by Crippen LogP contribution is 2.28. The lowest BCUT2D eigenvalue weighted by Crippen LogP contribution is -2.30. The molecule has 1 aliphatic carbocycles. The molecule has 20 heteroatoms. The van der Waals surface area contributed by atoms with Crippen molar-refractivity contribution in [1.82, 2.24) is 68.5 Å². The molecule has 1 saturated heterocycles. The van der Waals surface area contributed by atoms with E-state index in [4.69, 9.17) is 0 Å². The summed E-state index contributed by atoms with van der Waals surface area (Å²) in [5.74, 6) is -0.105. The van der Waals surface area contributed by atoms with Crippen LogP contribution in [0.2, 0.25) is 0 Å². The number of fused-ring (bicyclic) bond motifs is 2. The Balaban J connectivity index is 0.000000158. The summed E-state index contributed by atoms with van der Waals surface area (Å²) in [5.41, 5.74) is 4.97. The summed E-state index contributed by atoms with van der Waals surface area (Å²) < 4.78 is 6.02. The third-order valence-corrected chi connectivity index (χ3v) is 10.6. The van der Waals surface area contributed by atoms with Gasteiger partial charge < -0.3 is 20.4 Å². The molecule has 1 saturated carbocycles. The summed E-state index contributed by atoms with van der Waals surface area (Å²) in [5, 5.41) is 22.9. The van der Waals surface area contributed by atoms with Gasteiger partial charge in [-0.25, -0.2) is 19.0 Å². The first-order chi connectivity index (χ1) is 30.1. The van der Waals surface area contributed by atoms with Gasteiger partial charge in [-0.3, -0.25) is 38.5 Å². The molecule has 0 radical (unpaired) electrons. The highest BCUT2D eigenvalue weighted by molar-refractivity contribution is 6.12. The van der Waals surface area contributed by atoms with Crippen molar-refractivity contribution >= 4 is 46.3 Å². The minimum absolute atomic E-state index is 0.163. The number of carbonyl (C=O) groups is 4. The summed E-state index contributed by atoms with van der Waals surface area (Å²) in [6.45, 7) is 1.41. The molecule has 0 spiro atoms. The Hall–Kier alpha value is -8.16. The molecule has 10 rings (SSSR count). The van der Waals surface area contributed by atoms with Gasteiger partial charge in [0.25, 0.3) is 23.6 Å². The van der Waals surface area contributed by atoms with Gasteiger partial charge in [-0.2, -0.15) is 10.2 Å². The Morgan fingerprint density at radius 2 is 1.16 bits per heavy atom. The molecule has 1 aliphatic heterocycles. The number of rotatable bonds is 9. The van der Waals surface area contributed by atoms with Crippen molar-refractivity contribution in [2.24, 2.45) is 14.1 Å². The SMILES string of the molecule is CN(C(=O)c1cnn(C)c1C(=O)Nc1ccc2nc(-c3cccnc3)nn2c1)C1CC1.Cn1ncc(C(=O)N2CCCC2)c1C(=O)Nc1ccc2nc(-c3cccnc3)nn2c1. The molecule has 62 heavy (non-hydrogen) atoms. The van der Waals surface area contributed by atoms with Crippen LogP contribution in [0.1, 0.15) is 67.4 Å². The second kappa shape index (κ2) is 16.5. The second-order valence-corrected chi connectivity index (χ2v) is 14.9. The lowest BCUT2D eigenvalue weighted by Gasteiger charge is -2.16. The number of hydrogen-bond donors (Lipinski definition) is 2. The third kappa shape index (κ3) is 7.95. The Labute approximate surface area is 353 Å². The van der Waals surface area contributed by atoms with Crippen LogP contribution in [0.25, 0.3) is 34.1 Å². The summed E-state index contributed by atoms with van der Waals surface area (Å²) in [6, 6.07) is 14.7. The number of nitrogens with zero attached hydrogens (tertiary/aromatic N) is 14. The van der Waals surface area contributed by atoms with Gasteiger partial charge >= 0.3 is 0 Å². The highest BCUT2D eigenvalue weighted by Gasteiger charge is 2.33. The number of amides is 4. The van der Waals surface area contributed by atoms with Crippen LogP contribution in [-0.4, -0.2) is 118 Å².